The van der Waals surface area contributed by atoms with Crippen LogP contribution in [-0.2, 0) is 11.2 Å². The number of carbonyl (C=O) groups excluding carboxylic acids is 1. The van der Waals surface area contributed by atoms with Gasteiger partial charge in [-0.2, -0.15) is 0 Å². The number of carbonyl (C=O) groups is 1. The zero-order chi connectivity index (χ0) is 14.5. The molecule has 0 heterocycles. The molecule has 0 amide bonds. The molecule has 104 valence electrons. The predicted octanol–water partition coefficient (Wildman–Crippen LogP) is 4.26. The Kier molecular flexibility index (Phi) is 5.04. The first-order chi connectivity index (χ1) is 9.58. The van der Waals surface area contributed by atoms with Gasteiger partial charge in [-0.05, 0) is 35.9 Å². The molecule has 0 fully saturated rings. The van der Waals surface area contributed by atoms with Crippen molar-refractivity contribution >= 4 is 33.5 Å². The van der Waals surface area contributed by atoms with Gasteiger partial charge in [0, 0.05) is 4.47 Å². The average Bonchev–Trinajstić information content (AvgIpc) is 2.43. The van der Waals surface area contributed by atoms with E-state index < -0.39 is 0 Å². The zero-order valence-corrected chi connectivity index (χ0v) is 13.1. The maximum atomic E-state index is 11.8. The summed E-state index contributed by atoms with van der Waals surface area (Å²) in [4.78, 5) is 11.8. The Morgan fingerprint density at radius 1 is 1.20 bits per heavy atom. The predicted molar refractivity (Wildman–Crippen MR) is 81.5 cm³/mol. The van der Waals surface area contributed by atoms with Crippen LogP contribution >= 0.6 is 27.5 Å². The molecule has 2 rings (SSSR count). The van der Waals surface area contributed by atoms with Gasteiger partial charge in [-0.3, -0.25) is 4.79 Å². The van der Waals surface area contributed by atoms with Crippen molar-refractivity contribution in [2.45, 2.75) is 6.42 Å². The van der Waals surface area contributed by atoms with E-state index in [2.05, 4.69) is 15.9 Å². The van der Waals surface area contributed by atoms with E-state index in [0.29, 0.717) is 10.8 Å². The van der Waals surface area contributed by atoms with Crippen molar-refractivity contribution in [2.24, 2.45) is 0 Å². The topological polar surface area (TPSA) is 35.5 Å². The van der Waals surface area contributed by atoms with Crippen LogP contribution in [0.3, 0.4) is 0 Å². The Balaban J connectivity index is 2.01. The second-order valence-electron chi connectivity index (χ2n) is 4.07. The largest absolute Gasteiger partial charge is 0.497 e. The standard InChI is InChI=1S/C15H12BrClO3/c1-19-12-5-2-10(3-6-12)8-15(18)20-14-7-4-11(16)9-13(14)17/h2-7,9H,8H2,1H3. The summed E-state index contributed by atoms with van der Waals surface area (Å²) in [5.41, 5.74) is 0.851. The lowest BCUT2D eigenvalue weighted by Gasteiger charge is -2.07. The van der Waals surface area contributed by atoms with Crippen LogP contribution < -0.4 is 9.47 Å². The van der Waals surface area contributed by atoms with Crippen molar-refractivity contribution in [1.29, 1.82) is 0 Å². The molecule has 2 aromatic rings. The third-order valence-electron chi connectivity index (χ3n) is 2.63. The molecule has 0 spiro atoms. The molecule has 0 bridgehead atoms. The molecule has 2 aromatic carbocycles. The van der Waals surface area contributed by atoms with E-state index >= 15 is 0 Å². The van der Waals surface area contributed by atoms with Gasteiger partial charge in [-0.15, -0.1) is 0 Å². The number of hydrogen-bond donors (Lipinski definition) is 0. The van der Waals surface area contributed by atoms with Gasteiger partial charge in [-0.25, -0.2) is 0 Å². The van der Waals surface area contributed by atoms with Crippen LogP contribution in [0.25, 0.3) is 0 Å². The highest BCUT2D eigenvalue weighted by Crippen LogP contribution is 2.28. The van der Waals surface area contributed by atoms with E-state index in [-0.39, 0.29) is 12.4 Å². The van der Waals surface area contributed by atoms with Crippen LogP contribution in [-0.4, -0.2) is 13.1 Å². The summed E-state index contributed by atoms with van der Waals surface area (Å²) >= 11 is 9.29. The minimum atomic E-state index is -0.362. The molecule has 0 aliphatic heterocycles. The monoisotopic (exact) mass is 354 g/mol. The first kappa shape index (κ1) is 14.9. The van der Waals surface area contributed by atoms with Gasteiger partial charge in [0.05, 0.1) is 18.6 Å². The molecule has 0 unspecified atom stereocenters. The number of benzene rings is 2. The van der Waals surface area contributed by atoms with Crippen LogP contribution in [0.1, 0.15) is 5.56 Å². The fourth-order valence-corrected chi connectivity index (χ4v) is 2.34. The molecular formula is C15H12BrClO3. The first-order valence-electron chi connectivity index (χ1n) is 5.87. The lowest BCUT2D eigenvalue weighted by atomic mass is 10.1. The van der Waals surface area contributed by atoms with E-state index in [1.165, 1.54) is 0 Å². The highest BCUT2D eigenvalue weighted by Gasteiger charge is 2.09. The van der Waals surface area contributed by atoms with Gasteiger partial charge in [-0.1, -0.05) is 39.7 Å². The van der Waals surface area contributed by atoms with Crippen molar-refractivity contribution < 1.29 is 14.3 Å². The Labute approximate surface area is 130 Å². The van der Waals surface area contributed by atoms with Gasteiger partial charge < -0.3 is 9.47 Å². The number of halogens is 2. The third-order valence-corrected chi connectivity index (χ3v) is 3.41. The maximum Gasteiger partial charge on any atom is 0.315 e. The Morgan fingerprint density at radius 3 is 2.50 bits per heavy atom. The molecule has 0 radical (unpaired) electrons. The molecule has 3 nitrogen and oxygen atoms in total. The highest BCUT2D eigenvalue weighted by atomic mass is 79.9. The second kappa shape index (κ2) is 6.77. The minimum Gasteiger partial charge on any atom is -0.497 e. The summed E-state index contributed by atoms with van der Waals surface area (Å²) in [5.74, 6) is 0.742. The number of hydrogen-bond acceptors (Lipinski definition) is 3. The molecule has 0 aliphatic rings. The molecule has 0 atom stereocenters. The third kappa shape index (κ3) is 3.99. The first-order valence-corrected chi connectivity index (χ1v) is 7.04. The van der Waals surface area contributed by atoms with Crippen LogP contribution in [0.15, 0.2) is 46.9 Å². The zero-order valence-electron chi connectivity index (χ0n) is 10.7. The highest BCUT2D eigenvalue weighted by molar-refractivity contribution is 9.10. The van der Waals surface area contributed by atoms with Crippen molar-refractivity contribution in [3.8, 4) is 11.5 Å². The van der Waals surface area contributed by atoms with Gasteiger partial charge in [0.2, 0.25) is 0 Å². The molecule has 5 heteroatoms. The fraction of sp³-hybridized carbons (Fsp3) is 0.133. The smallest absolute Gasteiger partial charge is 0.315 e. The molecule has 0 saturated heterocycles. The van der Waals surface area contributed by atoms with Crippen LogP contribution in [0, 0.1) is 0 Å². The number of esters is 1. The summed E-state index contributed by atoms with van der Waals surface area (Å²) in [7, 11) is 1.60. The fourth-order valence-electron chi connectivity index (χ4n) is 1.63. The van der Waals surface area contributed by atoms with Gasteiger partial charge >= 0.3 is 5.97 Å². The molecule has 0 saturated carbocycles. The van der Waals surface area contributed by atoms with E-state index in [9.17, 15) is 4.79 Å². The molecular weight excluding hydrogens is 344 g/mol. The Bertz CT molecular complexity index is 611. The summed E-state index contributed by atoms with van der Waals surface area (Å²) in [6.45, 7) is 0. The Hall–Kier alpha value is -1.52. The summed E-state index contributed by atoms with van der Waals surface area (Å²) in [6, 6.07) is 12.3. The van der Waals surface area contributed by atoms with Crippen molar-refractivity contribution in [1.82, 2.24) is 0 Å². The summed E-state index contributed by atoms with van der Waals surface area (Å²) < 4.78 is 11.1. The second-order valence-corrected chi connectivity index (χ2v) is 5.40. The average molecular weight is 356 g/mol. The SMILES string of the molecule is COc1ccc(CC(=O)Oc2ccc(Br)cc2Cl)cc1. The molecule has 20 heavy (non-hydrogen) atoms. The molecule has 0 aromatic heterocycles. The van der Waals surface area contributed by atoms with Gasteiger partial charge in [0.25, 0.3) is 0 Å². The van der Waals surface area contributed by atoms with E-state index in [1.807, 2.05) is 12.1 Å². The summed E-state index contributed by atoms with van der Waals surface area (Å²) in [5, 5.41) is 0.391. The van der Waals surface area contributed by atoms with E-state index in [4.69, 9.17) is 21.1 Å². The van der Waals surface area contributed by atoms with Crippen LogP contribution in [0.2, 0.25) is 5.02 Å². The van der Waals surface area contributed by atoms with E-state index in [1.54, 1.807) is 37.4 Å². The van der Waals surface area contributed by atoms with Crippen molar-refractivity contribution in [3.05, 3.63) is 57.5 Å². The van der Waals surface area contributed by atoms with E-state index in [0.717, 1.165) is 15.8 Å². The molecule has 0 N–H and O–H groups in total. The molecule has 0 aliphatic carbocycles. The van der Waals surface area contributed by atoms with Gasteiger partial charge in [0.15, 0.2) is 0 Å². The Morgan fingerprint density at radius 2 is 1.90 bits per heavy atom. The number of rotatable bonds is 4. The van der Waals surface area contributed by atoms with Gasteiger partial charge in [0.1, 0.15) is 11.5 Å². The lowest BCUT2D eigenvalue weighted by molar-refractivity contribution is -0.133. The number of ether oxygens (including phenoxy) is 2. The minimum absolute atomic E-state index is 0.177. The van der Waals surface area contributed by atoms with Crippen LogP contribution in [0.4, 0.5) is 0 Å². The lowest BCUT2D eigenvalue weighted by Crippen LogP contribution is -2.11. The summed E-state index contributed by atoms with van der Waals surface area (Å²) in [6.07, 6.45) is 0.177. The van der Waals surface area contributed by atoms with Crippen molar-refractivity contribution in [3.63, 3.8) is 0 Å². The van der Waals surface area contributed by atoms with Crippen molar-refractivity contribution in [2.75, 3.05) is 7.11 Å². The maximum absolute atomic E-state index is 11.8. The number of methoxy groups -OCH3 is 1. The van der Waals surface area contributed by atoms with Crippen LogP contribution in [0.5, 0.6) is 11.5 Å². The normalized spacial score (nSPS) is 10.2. The quantitative estimate of drug-likeness (QED) is 0.607.